The van der Waals surface area contributed by atoms with Gasteiger partial charge in [0, 0.05) is 11.8 Å². The van der Waals surface area contributed by atoms with E-state index in [0.29, 0.717) is 11.4 Å². The van der Waals surface area contributed by atoms with Crippen molar-refractivity contribution in [3.63, 3.8) is 0 Å². The van der Waals surface area contributed by atoms with Crippen LogP contribution in [0.3, 0.4) is 0 Å². The standard InChI is InChI=1S/C17H19ClN6O5S/c1-9(2)29-11-5-6-12-20-14(18)15(24(12)8-11)30(26,27)23-17(25)22-16-19-10(3)7-13(21-16)28-4/h5-9H,1-4H3,(H2,19,21,22,23,25). The second-order valence-electron chi connectivity index (χ2n) is 6.40. The number of nitrogens with one attached hydrogen (secondary N) is 2. The zero-order chi connectivity index (χ0) is 22.1. The third kappa shape index (κ3) is 4.71. The van der Waals surface area contributed by atoms with Gasteiger partial charge in [-0.25, -0.2) is 19.5 Å². The quantitative estimate of drug-likeness (QED) is 0.579. The van der Waals surface area contributed by atoms with Crippen LogP contribution in [-0.4, -0.2) is 47.0 Å². The van der Waals surface area contributed by atoms with Crippen LogP contribution >= 0.6 is 11.6 Å². The smallest absolute Gasteiger partial charge is 0.335 e. The molecule has 0 saturated carbocycles. The summed E-state index contributed by atoms with van der Waals surface area (Å²) in [6.07, 6.45) is 1.30. The topological polar surface area (TPSA) is 137 Å². The van der Waals surface area contributed by atoms with E-state index >= 15 is 0 Å². The van der Waals surface area contributed by atoms with E-state index in [4.69, 9.17) is 21.1 Å². The van der Waals surface area contributed by atoms with Crippen LogP contribution in [-0.2, 0) is 10.0 Å². The molecule has 0 fully saturated rings. The molecule has 30 heavy (non-hydrogen) atoms. The number of amides is 2. The van der Waals surface area contributed by atoms with Crippen molar-refractivity contribution >= 4 is 39.3 Å². The van der Waals surface area contributed by atoms with Gasteiger partial charge >= 0.3 is 6.03 Å². The number of urea groups is 1. The lowest BCUT2D eigenvalue weighted by atomic mass is 10.4. The van der Waals surface area contributed by atoms with E-state index in [-0.39, 0.29) is 28.7 Å². The number of fused-ring (bicyclic) bond motifs is 1. The molecule has 11 nitrogen and oxygen atoms in total. The first kappa shape index (κ1) is 21.6. The highest BCUT2D eigenvalue weighted by atomic mass is 35.5. The van der Waals surface area contributed by atoms with Crippen LogP contribution < -0.4 is 19.5 Å². The summed E-state index contributed by atoms with van der Waals surface area (Å²) in [6.45, 7) is 5.33. The first-order chi connectivity index (χ1) is 14.1. The van der Waals surface area contributed by atoms with Gasteiger partial charge in [-0.2, -0.15) is 13.4 Å². The van der Waals surface area contributed by atoms with Crippen LogP contribution in [0.5, 0.6) is 11.6 Å². The largest absolute Gasteiger partial charge is 0.489 e. The zero-order valence-corrected chi connectivity index (χ0v) is 18.1. The maximum Gasteiger partial charge on any atom is 0.335 e. The molecule has 0 unspecified atom stereocenters. The summed E-state index contributed by atoms with van der Waals surface area (Å²) in [5, 5.41) is 1.54. The monoisotopic (exact) mass is 454 g/mol. The number of aromatic nitrogens is 4. The maximum absolute atomic E-state index is 12.8. The summed E-state index contributed by atoms with van der Waals surface area (Å²) in [5.74, 6) is 0.493. The molecule has 0 aliphatic heterocycles. The minimum atomic E-state index is -4.40. The second kappa shape index (κ2) is 8.32. The van der Waals surface area contributed by atoms with Gasteiger partial charge in [0.25, 0.3) is 10.0 Å². The fraction of sp³-hybridized carbons (Fsp3) is 0.294. The van der Waals surface area contributed by atoms with Gasteiger partial charge in [-0.1, -0.05) is 11.6 Å². The zero-order valence-electron chi connectivity index (χ0n) is 16.5. The van der Waals surface area contributed by atoms with Crippen LogP contribution in [0.1, 0.15) is 19.5 Å². The number of hydrogen-bond acceptors (Lipinski definition) is 8. The van der Waals surface area contributed by atoms with Crippen molar-refractivity contribution in [2.75, 3.05) is 12.4 Å². The van der Waals surface area contributed by atoms with E-state index in [9.17, 15) is 13.2 Å². The third-order valence-electron chi connectivity index (χ3n) is 3.63. The number of carbonyl (C=O) groups is 1. The molecule has 0 bridgehead atoms. The highest BCUT2D eigenvalue weighted by Gasteiger charge is 2.27. The molecule has 3 aromatic heterocycles. The predicted molar refractivity (Wildman–Crippen MR) is 109 cm³/mol. The molecule has 3 aromatic rings. The molecule has 0 atom stereocenters. The number of sulfonamides is 1. The summed E-state index contributed by atoms with van der Waals surface area (Å²) < 4.78 is 39.3. The second-order valence-corrected chi connectivity index (χ2v) is 8.36. The number of pyridine rings is 1. The molecule has 0 aliphatic carbocycles. The molecule has 2 amide bonds. The van der Waals surface area contributed by atoms with Crippen molar-refractivity contribution in [1.29, 1.82) is 0 Å². The number of hydrogen-bond donors (Lipinski definition) is 2. The van der Waals surface area contributed by atoms with Gasteiger partial charge in [-0.05, 0) is 32.9 Å². The van der Waals surface area contributed by atoms with E-state index in [1.807, 2.05) is 18.6 Å². The van der Waals surface area contributed by atoms with Gasteiger partial charge in [-0.3, -0.25) is 9.72 Å². The Morgan fingerprint density at radius 2 is 1.97 bits per heavy atom. The molecule has 13 heteroatoms. The molecule has 0 aliphatic rings. The molecular weight excluding hydrogens is 436 g/mol. The highest BCUT2D eigenvalue weighted by molar-refractivity contribution is 7.90. The Bertz CT molecular complexity index is 1210. The highest BCUT2D eigenvalue weighted by Crippen LogP contribution is 2.25. The fourth-order valence-corrected chi connectivity index (χ4v) is 4.10. The summed E-state index contributed by atoms with van der Waals surface area (Å²) in [7, 11) is -3.00. The minimum absolute atomic E-state index is 0.128. The van der Waals surface area contributed by atoms with Crippen LogP contribution in [0.15, 0.2) is 29.4 Å². The van der Waals surface area contributed by atoms with Gasteiger partial charge in [-0.15, -0.1) is 0 Å². The number of aryl methyl sites for hydroxylation is 1. The van der Waals surface area contributed by atoms with E-state index in [2.05, 4.69) is 20.3 Å². The Morgan fingerprint density at radius 1 is 1.23 bits per heavy atom. The van der Waals surface area contributed by atoms with Gasteiger partial charge in [0.2, 0.25) is 11.8 Å². The summed E-state index contributed by atoms with van der Waals surface area (Å²) in [4.78, 5) is 24.2. The van der Waals surface area contributed by atoms with E-state index in [0.717, 1.165) is 0 Å². The summed E-state index contributed by atoms with van der Waals surface area (Å²) >= 11 is 6.05. The van der Waals surface area contributed by atoms with Crippen molar-refractivity contribution in [2.24, 2.45) is 0 Å². The van der Waals surface area contributed by atoms with Crippen molar-refractivity contribution < 1.29 is 22.7 Å². The third-order valence-corrected chi connectivity index (χ3v) is 5.36. The lowest BCUT2D eigenvalue weighted by molar-refractivity contribution is 0.241. The van der Waals surface area contributed by atoms with Crippen molar-refractivity contribution in [3.8, 4) is 11.6 Å². The molecule has 3 rings (SSSR count). The van der Waals surface area contributed by atoms with Crippen LogP contribution in [0.2, 0.25) is 5.15 Å². The van der Waals surface area contributed by atoms with E-state index in [1.54, 1.807) is 25.1 Å². The number of methoxy groups -OCH3 is 1. The van der Waals surface area contributed by atoms with Gasteiger partial charge in [0.05, 0.1) is 19.4 Å². The summed E-state index contributed by atoms with van der Waals surface area (Å²) in [6, 6.07) is 3.66. The van der Waals surface area contributed by atoms with Crippen molar-refractivity contribution in [1.82, 2.24) is 24.1 Å². The minimum Gasteiger partial charge on any atom is -0.489 e. The van der Waals surface area contributed by atoms with Crippen LogP contribution in [0, 0.1) is 6.92 Å². The first-order valence-electron chi connectivity index (χ1n) is 8.67. The SMILES string of the molecule is COc1cc(C)nc(NC(=O)NS(=O)(=O)c2c(Cl)nc3ccc(OC(C)C)cn23)n1. The first-order valence-corrected chi connectivity index (χ1v) is 10.5. The number of ether oxygens (including phenoxy) is 2. The van der Waals surface area contributed by atoms with Gasteiger partial charge in [0.15, 0.2) is 10.2 Å². The Labute approximate surface area is 177 Å². The number of imidazole rings is 1. The molecule has 0 aromatic carbocycles. The number of carbonyl (C=O) groups excluding carboxylic acids is 1. The molecule has 0 saturated heterocycles. The molecule has 0 radical (unpaired) electrons. The predicted octanol–water partition coefficient (Wildman–Crippen LogP) is 2.39. The fourth-order valence-electron chi connectivity index (χ4n) is 2.55. The normalized spacial score (nSPS) is 11.5. The number of halogens is 1. The Kier molecular flexibility index (Phi) is 5.99. The molecule has 160 valence electrons. The lowest BCUT2D eigenvalue weighted by Crippen LogP contribution is -2.35. The van der Waals surface area contributed by atoms with E-state index in [1.165, 1.54) is 17.7 Å². The van der Waals surface area contributed by atoms with Crippen LogP contribution in [0.25, 0.3) is 5.65 Å². The number of anilines is 1. The van der Waals surface area contributed by atoms with Crippen molar-refractivity contribution in [3.05, 3.63) is 35.2 Å². The van der Waals surface area contributed by atoms with E-state index < -0.39 is 21.1 Å². The Balaban J connectivity index is 1.89. The average molecular weight is 455 g/mol. The molecule has 0 spiro atoms. The molecule has 2 N–H and O–H groups in total. The van der Waals surface area contributed by atoms with Crippen molar-refractivity contribution in [2.45, 2.75) is 31.9 Å². The average Bonchev–Trinajstić information content (AvgIpc) is 2.95. The van der Waals surface area contributed by atoms with Crippen LogP contribution in [0.4, 0.5) is 10.7 Å². The Morgan fingerprint density at radius 3 is 2.63 bits per heavy atom. The lowest BCUT2D eigenvalue weighted by Gasteiger charge is -2.11. The molecular formula is C17H19ClN6O5S. The van der Waals surface area contributed by atoms with Gasteiger partial charge < -0.3 is 9.47 Å². The van der Waals surface area contributed by atoms with Gasteiger partial charge in [0.1, 0.15) is 11.4 Å². The maximum atomic E-state index is 12.8. The Hall–Kier alpha value is -3.12. The molecule has 3 heterocycles. The summed E-state index contributed by atoms with van der Waals surface area (Å²) in [5.41, 5.74) is 0.783. The number of rotatable bonds is 6. The number of nitrogens with zero attached hydrogens (tertiary/aromatic N) is 4.